The van der Waals surface area contributed by atoms with Gasteiger partial charge in [-0.05, 0) is 37.1 Å². The molecule has 1 fully saturated rings. The summed E-state index contributed by atoms with van der Waals surface area (Å²) < 4.78 is 7.56. The molecule has 2 aromatic carbocycles. The number of imidazole rings is 1. The zero-order chi connectivity index (χ0) is 24.8. The Labute approximate surface area is 214 Å². The van der Waals surface area contributed by atoms with Gasteiger partial charge in [0, 0.05) is 40.9 Å². The van der Waals surface area contributed by atoms with E-state index in [1.54, 1.807) is 12.5 Å². The van der Waals surface area contributed by atoms with Crippen molar-refractivity contribution in [2.75, 3.05) is 5.73 Å². The quantitative estimate of drug-likeness (QED) is 0.308. The summed E-state index contributed by atoms with van der Waals surface area (Å²) in [5.74, 6) is 2.81. The average Bonchev–Trinajstić information content (AvgIpc) is 3.57. The zero-order valence-electron chi connectivity index (χ0n) is 20.2. The fraction of sp³-hybridized carbons (Fsp3) is 0.167. The lowest BCUT2D eigenvalue weighted by Gasteiger charge is -2.35. The summed E-state index contributed by atoms with van der Waals surface area (Å²) in [6.45, 7) is 0.740. The van der Waals surface area contributed by atoms with Gasteiger partial charge < -0.3 is 15.5 Å². The summed E-state index contributed by atoms with van der Waals surface area (Å²) in [6.07, 6.45) is 7.45. The largest absolute Gasteiger partial charge is 0.468 e. The molecule has 0 amide bonds. The smallest absolute Gasteiger partial charge is 0.150 e. The highest BCUT2D eigenvalue weighted by molar-refractivity contribution is 5.91. The van der Waals surface area contributed by atoms with E-state index in [0.29, 0.717) is 17.8 Å². The van der Waals surface area contributed by atoms with Crippen LogP contribution in [0.1, 0.15) is 30.3 Å². The number of furan rings is 1. The molecule has 0 atom stereocenters. The number of benzene rings is 2. The number of nitrogens with one attached hydrogen (secondary N) is 1. The maximum absolute atomic E-state index is 6.40. The van der Waals surface area contributed by atoms with E-state index in [0.717, 1.165) is 69.9 Å². The molecule has 0 unspecified atom stereocenters. The molecule has 7 rings (SSSR count). The number of hydrogen-bond donors (Lipinski definition) is 2. The van der Waals surface area contributed by atoms with Crippen LogP contribution in [0.5, 0.6) is 0 Å². The number of aromatic nitrogens is 4. The summed E-state index contributed by atoms with van der Waals surface area (Å²) in [7, 11) is 0. The van der Waals surface area contributed by atoms with E-state index in [2.05, 4.69) is 57.2 Å². The Hall–Kier alpha value is -4.49. The monoisotopic (exact) mass is 486 g/mol. The van der Waals surface area contributed by atoms with Crippen molar-refractivity contribution < 1.29 is 4.42 Å². The Kier molecular flexibility index (Phi) is 5.22. The first-order valence-electron chi connectivity index (χ1n) is 12.6. The van der Waals surface area contributed by atoms with Crippen LogP contribution in [-0.2, 0) is 6.54 Å². The maximum atomic E-state index is 6.40. The highest BCUT2D eigenvalue weighted by Gasteiger charge is 2.34. The average molecular weight is 487 g/mol. The van der Waals surface area contributed by atoms with Crippen molar-refractivity contribution >= 4 is 22.2 Å². The lowest BCUT2D eigenvalue weighted by Crippen LogP contribution is -2.40. The number of nitrogens with zero attached hydrogens (tertiary/aromatic N) is 4. The van der Waals surface area contributed by atoms with Crippen molar-refractivity contribution in [2.45, 2.75) is 31.3 Å². The Balaban J connectivity index is 1.22. The van der Waals surface area contributed by atoms with E-state index in [9.17, 15) is 0 Å². The predicted octanol–water partition coefficient (Wildman–Crippen LogP) is 5.82. The molecular weight excluding hydrogens is 460 g/mol. The standard InChI is InChI=1S/C30H26N6O/c31-29-28-27(21-9-8-20-10-11-25(34-26(20)17-21)19-5-2-1-3-6-19)35-30(36(28)13-12-32-29)22-15-23(16-22)33-18-24-7-4-14-37-24/h1-14,17,22-23,33H,15-16,18H2,(H2,31,32). The van der Waals surface area contributed by atoms with Crippen LogP contribution < -0.4 is 11.1 Å². The molecule has 4 heterocycles. The molecule has 7 heteroatoms. The van der Waals surface area contributed by atoms with E-state index in [1.807, 2.05) is 36.5 Å². The highest BCUT2D eigenvalue weighted by Crippen LogP contribution is 2.40. The van der Waals surface area contributed by atoms with Crippen molar-refractivity contribution in [1.82, 2.24) is 24.7 Å². The molecule has 6 aromatic rings. The van der Waals surface area contributed by atoms with Crippen molar-refractivity contribution in [2.24, 2.45) is 0 Å². The van der Waals surface area contributed by atoms with Gasteiger partial charge in [-0.3, -0.25) is 4.40 Å². The van der Waals surface area contributed by atoms with E-state index in [-0.39, 0.29) is 0 Å². The van der Waals surface area contributed by atoms with E-state index >= 15 is 0 Å². The number of nitrogens with two attached hydrogens (primary N) is 1. The third-order valence-corrected chi connectivity index (χ3v) is 7.29. The van der Waals surface area contributed by atoms with Gasteiger partial charge in [0.15, 0.2) is 0 Å². The van der Waals surface area contributed by atoms with Crippen LogP contribution in [0.25, 0.3) is 38.9 Å². The Morgan fingerprint density at radius 2 is 1.81 bits per heavy atom. The first-order chi connectivity index (χ1) is 18.2. The lowest BCUT2D eigenvalue weighted by atomic mass is 9.79. The molecule has 1 aliphatic rings. The molecule has 4 aromatic heterocycles. The minimum Gasteiger partial charge on any atom is -0.468 e. The van der Waals surface area contributed by atoms with Gasteiger partial charge in [0.05, 0.1) is 24.0 Å². The van der Waals surface area contributed by atoms with E-state index in [4.69, 9.17) is 20.1 Å². The maximum Gasteiger partial charge on any atom is 0.150 e. The second kappa shape index (κ2) is 8.87. The summed E-state index contributed by atoms with van der Waals surface area (Å²) in [6, 6.07) is 25.1. The minimum absolute atomic E-state index is 0.348. The van der Waals surface area contributed by atoms with Crippen molar-refractivity contribution in [3.63, 3.8) is 0 Å². The molecular formula is C30H26N6O. The van der Waals surface area contributed by atoms with Gasteiger partial charge in [0.1, 0.15) is 28.6 Å². The van der Waals surface area contributed by atoms with Crippen LogP contribution in [-0.4, -0.2) is 25.4 Å². The third kappa shape index (κ3) is 3.93. The minimum atomic E-state index is 0.348. The molecule has 3 N–H and O–H groups in total. The fourth-order valence-corrected chi connectivity index (χ4v) is 5.26. The highest BCUT2D eigenvalue weighted by atomic mass is 16.3. The summed E-state index contributed by atoms with van der Waals surface area (Å²) >= 11 is 0. The number of rotatable bonds is 6. The first-order valence-corrected chi connectivity index (χ1v) is 12.6. The Morgan fingerprint density at radius 3 is 2.65 bits per heavy atom. The van der Waals surface area contributed by atoms with Gasteiger partial charge in [-0.15, -0.1) is 0 Å². The lowest BCUT2D eigenvalue weighted by molar-refractivity contribution is 0.272. The number of pyridine rings is 1. The van der Waals surface area contributed by atoms with Gasteiger partial charge in [-0.2, -0.15) is 0 Å². The van der Waals surface area contributed by atoms with Crippen molar-refractivity contribution in [3.8, 4) is 22.5 Å². The first kappa shape index (κ1) is 21.8. The van der Waals surface area contributed by atoms with Crippen LogP contribution in [0.4, 0.5) is 5.82 Å². The molecule has 182 valence electrons. The van der Waals surface area contributed by atoms with Gasteiger partial charge in [-0.1, -0.05) is 48.5 Å². The van der Waals surface area contributed by atoms with Crippen molar-refractivity contribution in [3.05, 3.63) is 103 Å². The van der Waals surface area contributed by atoms with Gasteiger partial charge in [0.2, 0.25) is 0 Å². The van der Waals surface area contributed by atoms with E-state index < -0.39 is 0 Å². The predicted molar refractivity (Wildman–Crippen MR) is 145 cm³/mol. The number of anilines is 1. The summed E-state index contributed by atoms with van der Waals surface area (Å²) in [5.41, 5.74) is 12.1. The second-order valence-corrected chi connectivity index (χ2v) is 9.65. The van der Waals surface area contributed by atoms with E-state index in [1.165, 1.54) is 0 Å². The van der Waals surface area contributed by atoms with Crippen LogP contribution in [0.15, 0.2) is 95.9 Å². The van der Waals surface area contributed by atoms with Crippen molar-refractivity contribution in [1.29, 1.82) is 0 Å². The summed E-state index contributed by atoms with van der Waals surface area (Å²) in [4.78, 5) is 14.5. The van der Waals surface area contributed by atoms with Gasteiger partial charge in [-0.25, -0.2) is 15.0 Å². The Bertz CT molecular complexity index is 1700. The molecule has 0 aliphatic heterocycles. The Morgan fingerprint density at radius 1 is 0.946 bits per heavy atom. The van der Waals surface area contributed by atoms with Gasteiger partial charge >= 0.3 is 0 Å². The topological polar surface area (TPSA) is 94.3 Å². The number of hydrogen-bond acceptors (Lipinski definition) is 6. The number of nitrogen functional groups attached to an aromatic ring is 1. The molecule has 1 saturated carbocycles. The molecule has 7 nitrogen and oxygen atoms in total. The zero-order valence-corrected chi connectivity index (χ0v) is 20.2. The molecule has 0 radical (unpaired) electrons. The second-order valence-electron chi connectivity index (χ2n) is 9.65. The molecule has 0 spiro atoms. The summed E-state index contributed by atoms with van der Waals surface area (Å²) in [5, 5.41) is 4.67. The van der Waals surface area contributed by atoms with Crippen LogP contribution >= 0.6 is 0 Å². The SMILES string of the molecule is Nc1nccn2c(C3CC(NCc4ccco4)C3)nc(-c3ccc4ccc(-c5ccccc5)nc4c3)c12. The molecule has 37 heavy (non-hydrogen) atoms. The van der Waals surface area contributed by atoms with Crippen LogP contribution in [0.3, 0.4) is 0 Å². The number of fused-ring (bicyclic) bond motifs is 2. The fourth-order valence-electron chi connectivity index (χ4n) is 5.26. The molecule has 1 aliphatic carbocycles. The van der Waals surface area contributed by atoms with Crippen LogP contribution in [0.2, 0.25) is 0 Å². The normalized spacial score (nSPS) is 17.3. The molecule has 0 saturated heterocycles. The third-order valence-electron chi connectivity index (χ3n) is 7.29. The molecule has 0 bridgehead atoms. The van der Waals surface area contributed by atoms with Gasteiger partial charge in [0.25, 0.3) is 0 Å². The van der Waals surface area contributed by atoms with Crippen LogP contribution in [0, 0.1) is 0 Å².